The predicted molar refractivity (Wildman–Crippen MR) is 129 cm³/mol. The van der Waals surface area contributed by atoms with Crippen molar-refractivity contribution in [1.29, 1.82) is 0 Å². The Bertz CT molecular complexity index is 1090. The van der Waals surface area contributed by atoms with Gasteiger partial charge in [0.2, 0.25) is 11.7 Å². The van der Waals surface area contributed by atoms with Gasteiger partial charge < -0.3 is 20.1 Å². The normalized spacial score (nSPS) is 25.6. The summed E-state index contributed by atoms with van der Waals surface area (Å²) >= 11 is 0. The smallest absolute Gasteiger partial charge is 0.410 e. The number of amides is 1. The first-order valence-electron chi connectivity index (χ1n) is 12.0. The third-order valence-electron chi connectivity index (χ3n) is 6.50. The van der Waals surface area contributed by atoms with E-state index < -0.39 is 11.4 Å². The van der Waals surface area contributed by atoms with Crippen LogP contribution in [0.5, 0.6) is 0 Å². The van der Waals surface area contributed by atoms with Gasteiger partial charge in [0.1, 0.15) is 5.60 Å². The van der Waals surface area contributed by atoms with Crippen molar-refractivity contribution in [3.63, 3.8) is 0 Å². The molecule has 1 aromatic heterocycles. The molecule has 5 heterocycles. The van der Waals surface area contributed by atoms with E-state index in [4.69, 9.17) is 25.2 Å². The fourth-order valence-electron chi connectivity index (χ4n) is 4.84. The number of likely N-dealkylation sites (tertiary alicyclic amines) is 1. The topological polar surface area (TPSA) is 143 Å². The molecular weight excluding hydrogens is 450 g/mol. The highest BCUT2D eigenvalue weighted by molar-refractivity contribution is 6.31. The molecule has 0 radical (unpaired) electrons. The number of piperidine rings is 1. The Morgan fingerprint density at radius 2 is 1.80 bits per heavy atom. The number of nitrogens with two attached hydrogens (primary N) is 1. The first kappa shape index (κ1) is 23.5. The van der Waals surface area contributed by atoms with Gasteiger partial charge in [0.15, 0.2) is 5.84 Å². The lowest BCUT2D eigenvalue weighted by Gasteiger charge is -2.48. The van der Waals surface area contributed by atoms with Gasteiger partial charge in [0, 0.05) is 50.1 Å². The molecule has 2 saturated heterocycles. The average molecular weight is 482 g/mol. The molecule has 5 rings (SSSR count). The number of rotatable bonds is 3. The minimum absolute atomic E-state index is 0.0498. The predicted octanol–water partition coefficient (Wildman–Crippen LogP) is 2.24. The van der Waals surface area contributed by atoms with Crippen LogP contribution in [0, 0.1) is 5.92 Å². The average Bonchev–Trinajstić information content (AvgIpc) is 3.32. The molecule has 4 aliphatic heterocycles. The number of anilines is 1. The van der Waals surface area contributed by atoms with Gasteiger partial charge in [-0.05, 0) is 33.6 Å². The Morgan fingerprint density at radius 1 is 1.11 bits per heavy atom. The van der Waals surface area contributed by atoms with Crippen molar-refractivity contribution in [2.75, 3.05) is 45.1 Å². The molecule has 2 fully saturated rings. The molecule has 35 heavy (non-hydrogen) atoms. The fraction of sp³-hybridized carbons (Fsp3) is 0.609. The summed E-state index contributed by atoms with van der Waals surface area (Å²) in [5.41, 5.74) is 7.36. The van der Waals surface area contributed by atoms with Crippen molar-refractivity contribution < 1.29 is 14.3 Å². The Labute approximate surface area is 204 Å². The summed E-state index contributed by atoms with van der Waals surface area (Å²) in [6.45, 7) is 9.34. The van der Waals surface area contributed by atoms with Gasteiger partial charge >= 0.3 is 6.09 Å². The van der Waals surface area contributed by atoms with Crippen LogP contribution >= 0.6 is 0 Å². The van der Waals surface area contributed by atoms with E-state index in [1.165, 1.54) is 0 Å². The van der Waals surface area contributed by atoms with Crippen LogP contribution in [0.1, 0.15) is 39.2 Å². The molecule has 0 saturated carbocycles. The molecule has 12 heteroatoms. The lowest BCUT2D eigenvalue weighted by Crippen LogP contribution is -2.59. The number of aliphatic imine (C=N–C) groups is 2. The highest BCUT2D eigenvalue weighted by Gasteiger charge is 2.49. The lowest BCUT2D eigenvalue weighted by molar-refractivity contribution is -0.0537. The summed E-state index contributed by atoms with van der Waals surface area (Å²) in [5.74, 6) is -0.0965. The van der Waals surface area contributed by atoms with E-state index in [1.807, 2.05) is 20.8 Å². The van der Waals surface area contributed by atoms with Crippen molar-refractivity contribution in [1.82, 2.24) is 19.8 Å². The van der Waals surface area contributed by atoms with Crippen LogP contribution in [-0.4, -0.2) is 88.2 Å². The van der Waals surface area contributed by atoms with Crippen molar-refractivity contribution in [2.45, 2.75) is 45.0 Å². The van der Waals surface area contributed by atoms with Gasteiger partial charge in [-0.1, -0.05) is 0 Å². The third-order valence-corrected chi connectivity index (χ3v) is 6.50. The van der Waals surface area contributed by atoms with E-state index in [-0.39, 0.29) is 18.0 Å². The van der Waals surface area contributed by atoms with Crippen molar-refractivity contribution in [3.05, 3.63) is 29.7 Å². The summed E-state index contributed by atoms with van der Waals surface area (Å²) in [6.07, 6.45) is 6.15. The van der Waals surface area contributed by atoms with E-state index in [0.717, 1.165) is 24.0 Å². The van der Waals surface area contributed by atoms with Crippen LogP contribution in [-0.2, 0) is 9.47 Å². The maximum absolute atomic E-state index is 12.7. The van der Waals surface area contributed by atoms with Crippen LogP contribution in [0.15, 0.2) is 44.4 Å². The molecule has 1 aromatic rings. The maximum atomic E-state index is 12.7. The second-order valence-corrected chi connectivity index (χ2v) is 10.0. The summed E-state index contributed by atoms with van der Waals surface area (Å²) < 4.78 is 11.2. The number of morpholine rings is 1. The molecule has 12 nitrogen and oxygen atoms in total. The van der Waals surface area contributed by atoms with Crippen molar-refractivity contribution in [3.8, 4) is 0 Å². The van der Waals surface area contributed by atoms with Gasteiger partial charge in [0.05, 0.1) is 30.7 Å². The second kappa shape index (κ2) is 9.08. The number of nitrogens with zero attached hydrogens (tertiary/aromatic N) is 8. The molecule has 2 N–H and O–H groups in total. The van der Waals surface area contributed by atoms with Crippen LogP contribution in [0.4, 0.5) is 10.7 Å². The van der Waals surface area contributed by atoms with E-state index in [2.05, 4.69) is 25.1 Å². The Kier molecular flexibility index (Phi) is 6.09. The number of nitrogen functional groups attached to an aromatic ring is 1. The molecule has 0 bridgehead atoms. The molecule has 1 amide bonds. The fourth-order valence-corrected chi connectivity index (χ4v) is 4.84. The first-order chi connectivity index (χ1) is 16.7. The number of hydrogen-bond acceptors (Lipinski definition) is 11. The van der Waals surface area contributed by atoms with E-state index in [9.17, 15) is 4.79 Å². The molecular formula is C23H31N9O3. The largest absolute Gasteiger partial charge is 0.444 e. The van der Waals surface area contributed by atoms with E-state index >= 15 is 0 Å². The van der Waals surface area contributed by atoms with Crippen molar-refractivity contribution in [2.24, 2.45) is 26.1 Å². The highest BCUT2D eigenvalue weighted by Crippen LogP contribution is 2.41. The molecule has 0 aliphatic carbocycles. The molecule has 1 atom stereocenters. The molecule has 1 unspecified atom stereocenters. The summed E-state index contributed by atoms with van der Waals surface area (Å²) in [6, 6.07) is 0. The van der Waals surface area contributed by atoms with Crippen LogP contribution in [0.2, 0.25) is 0 Å². The Morgan fingerprint density at radius 3 is 2.46 bits per heavy atom. The van der Waals surface area contributed by atoms with Gasteiger partial charge in [-0.2, -0.15) is 5.11 Å². The van der Waals surface area contributed by atoms with Crippen molar-refractivity contribution >= 4 is 23.6 Å². The minimum atomic E-state index is -0.892. The summed E-state index contributed by atoms with van der Waals surface area (Å²) in [7, 11) is 0. The minimum Gasteiger partial charge on any atom is -0.444 e. The zero-order valence-electron chi connectivity index (χ0n) is 20.3. The standard InChI is InChI=1S/C23H31N9O3/c1-22(2,3)35-21(33)31-6-4-16(5-7-31)23(32-8-10-34-11-9-32)28-18(15-12-25-20(24)26-13-15)17-14-27-30-19(17)29-23/h12-14,16H,4-11H2,1-3H3,(H2,24,25,26). The number of carbonyl (C=O) groups excluding carboxylic acids is 1. The van der Waals surface area contributed by atoms with Gasteiger partial charge in [0.25, 0.3) is 0 Å². The van der Waals surface area contributed by atoms with Gasteiger partial charge in [-0.3, -0.25) is 4.90 Å². The number of hydrogen-bond donors (Lipinski definition) is 1. The van der Waals surface area contributed by atoms with Crippen LogP contribution in [0.25, 0.3) is 0 Å². The number of fused-ring (bicyclic) bond motifs is 1. The first-order valence-corrected chi connectivity index (χ1v) is 12.0. The molecule has 4 aliphatic rings. The highest BCUT2D eigenvalue weighted by atomic mass is 16.6. The third kappa shape index (κ3) is 4.67. The number of ether oxygens (including phenoxy) is 2. The number of azo groups is 1. The SMILES string of the molecule is CC(C)(C)OC(=O)N1CCC(C2(N3CCOCC3)N=C3N=NC=C3C(c3cnc(N)nc3)=N2)CC1. The maximum Gasteiger partial charge on any atom is 0.410 e. The second-order valence-electron chi connectivity index (χ2n) is 10.0. The Balaban J connectivity index is 1.49. The van der Waals surface area contributed by atoms with E-state index in [0.29, 0.717) is 50.9 Å². The summed E-state index contributed by atoms with van der Waals surface area (Å²) in [4.78, 5) is 35.4. The zero-order chi connectivity index (χ0) is 24.6. The van der Waals surface area contributed by atoms with E-state index in [1.54, 1.807) is 23.5 Å². The molecule has 0 spiro atoms. The Hall–Kier alpha value is -3.25. The van der Waals surface area contributed by atoms with Crippen LogP contribution < -0.4 is 5.73 Å². The monoisotopic (exact) mass is 481 g/mol. The number of aromatic nitrogens is 2. The number of carbonyl (C=O) groups is 1. The zero-order valence-corrected chi connectivity index (χ0v) is 20.3. The quantitative estimate of drug-likeness (QED) is 0.697. The van der Waals surface area contributed by atoms with Gasteiger partial charge in [-0.25, -0.2) is 24.7 Å². The number of amidine groups is 1. The van der Waals surface area contributed by atoms with Crippen LogP contribution in [0.3, 0.4) is 0 Å². The molecule has 0 aromatic carbocycles. The van der Waals surface area contributed by atoms with Gasteiger partial charge in [-0.15, -0.1) is 5.11 Å². The molecule has 186 valence electrons. The summed E-state index contributed by atoms with van der Waals surface area (Å²) in [5, 5.41) is 8.43. The lowest BCUT2D eigenvalue weighted by atomic mass is 9.86.